The molecule has 0 aromatic carbocycles. The number of carbonyl (C=O) groups excluding carboxylic acids is 1. The summed E-state index contributed by atoms with van der Waals surface area (Å²) in [4.78, 5) is 18.5. The zero-order valence-electron chi connectivity index (χ0n) is 12.2. The second kappa shape index (κ2) is 6.21. The average molecular weight is 325 g/mol. The number of ether oxygens (including phenoxy) is 1. The molecule has 2 fully saturated rings. The van der Waals surface area contributed by atoms with E-state index in [1.807, 2.05) is 0 Å². The van der Waals surface area contributed by atoms with Crippen molar-refractivity contribution in [1.82, 2.24) is 10.3 Å². The molecule has 1 aromatic heterocycles. The van der Waals surface area contributed by atoms with Gasteiger partial charge in [0.1, 0.15) is 0 Å². The monoisotopic (exact) mass is 325 g/mol. The number of hydrogen-bond acceptors (Lipinski definition) is 6. The summed E-state index contributed by atoms with van der Waals surface area (Å²) >= 11 is 0. The van der Waals surface area contributed by atoms with Crippen LogP contribution in [0.2, 0.25) is 0 Å². The Balaban J connectivity index is 1.67. The quantitative estimate of drug-likeness (QED) is 0.830. The van der Waals surface area contributed by atoms with E-state index < -0.39 is 9.84 Å². The topological polar surface area (TPSA) is 88.6 Å². The number of rotatable bonds is 3. The molecule has 0 radical (unpaired) electrons. The molecule has 1 atom stereocenters. The third-order valence-corrected chi connectivity index (χ3v) is 5.70. The highest BCUT2D eigenvalue weighted by Gasteiger charge is 2.29. The summed E-state index contributed by atoms with van der Waals surface area (Å²) in [5, 5.41) is 2.78. The molecule has 1 amide bonds. The number of hydrogen-bond donors (Lipinski definition) is 1. The van der Waals surface area contributed by atoms with Gasteiger partial charge in [-0.25, -0.2) is 8.42 Å². The molecule has 2 aliphatic heterocycles. The number of morpholine rings is 1. The van der Waals surface area contributed by atoms with E-state index in [2.05, 4.69) is 15.2 Å². The van der Waals surface area contributed by atoms with Crippen LogP contribution in [-0.2, 0) is 14.6 Å². The number of nitrogens with one attached hydrogen (secondary N) is 1. The largest absolute Gasteiger partial charge is 0.378 e. The molecule has 1 unspecified atom stereocenters. The molecule has 3 heterocycles. The summed E-state index contributed by atoms with van der Waals surface area (Å²) < 4.78 is 28.2. The van der Waals surface area contributed by atoms with Gasteiger partial charge in [-0.3, -0.25) is 9.78 Å². The molecular formula is C14H19N3O4S. The van der Waals surface area contributed by atoms with Gasteiger partial charge in [-0.1, -0.05) is 0 Å². The molecule has 0 saturated carbocycles. The van der Waals surface area contributed by atoms with Crippen molar-refractivity contribution in [3.8, 4) is 0 Å². The third kappa shape index (κ3) is 3.56. The Kier molecular flexibility index (Phi) is 4.30. The Morgan fingerprint density at radius 1 is 1.32 bits per heavy atom. The third-order valence-electron chi connectivity index (χ3n) is 3.93. The second-order valence-electron chi connectivity index (χ2n) is 5.60. The van der Waals surface area contributed by atoms with Gasteiger partial charge in [0, 0.05) is 25.3 Å². The van der Waals surface area contributed by atoms with Crippen LogP contribution in [0.1, 0.15) is 16.8 Å². The molecule has 120 valence electrons. The Labute approximate surface area is 129 Å². The molecule has 0 aliphatic carbocycles. The van der Waals surface area contributed by atoms with Crippen LogP contribution in [-0.4, -0.2) is 63.2 Å². The average Bonchev–Trinajstić information content (AvgIpc) is 2.87. The molecule has 1 N–H and O–H groups in total. The van der Waals surface area contributed by atoms with Crippen LogP contribution in [0, 0.1) is 0 Å². The van der Waals surface area contributed by atoms with Crippen molar-refractivity contribution in [2.75, 3.05) is 42.7 Å². The summed E-state index contributed by atoms with van der Waals surface area (Å²) in [6, 6.07) is 1.49. The summed E-state index contributed by atoms with van der Waals surface area (Å²) in [6.07, 6.45) is 3.70. The fourth-order valence-electron chi connectivity index (χ4n) is 2.72. The Morgan fingerprint density at radius 2 is 2.09 bits per heavy atom. The summed E-state index contributed by atoms with van der Waals surface area (Å²) in [6.45, 7) is 2.87. The zero-order valence-corrected chi connectivity index (χ0v) is 13.0. The van der Waals surface area contributed by atoms with Crippen LogP contribution in [0.5, 0.6) is 0 Å². The maximum Gasteiger partial charge on any atom is 0.253 e. The van der Waals surface area contributed by atoms with E-state index in [9.17, 15) is 13.2 Å². The van der Waals surface area contributed by atoms with Crippen molar-refractivity contribution in [1.29, 1.82) is 0 Å². The zero-order chi connectivity index (χ0) is 15.6. The number of anilines is 1. The van der Waals surface area contributed by atoms with Crippen molar-refractivity contribution in [3.63, 3.8) is 0 Å². The molecule has 3 rings (SSSR count). The van der Waals surface area contributed by atoms with E-state index in [0.29, 0.717) is 25.2 Å². The minimum Gasteiger partial charge on any atom is -0.378 e. The first kappa shape index (κ1) is 15.2. The number of amides is 1. The molecular weight excluding hydrogens is 306 g/mol. The van der Waals surface area contributed by atoms with Crippen LogP contribution < -0.4 is 10.2 Å². The fraction of sp³-hybridized carbons (Fsp3) is 0.571. The van der Waals surface area contributed by atoms with Crippen molar-refractivity contribution >= 4 is 21.4 Å². The van der Waals surface area contributed by atoms with Crippen LogP contribution in [0.3, 0.4) is 0 Å². The predicted molar refractivity (Wildman–Crippen MR) is 81.8 cm³/mol. The Bertz CT molecular complexity index is 656. The lowest BCUT2D eigenvalue weighted by Crippen LogP contribution is -2.37. The maximum absolute atomic E-state index is 12.3. The molecule has 8 heteroatoms. The lowest BCUT2D eigenvalue weighted by Gasteiger charge is -2.28. The maximum atomic E-state index is 12.3. The molecule has 0 bridgehead atoms. The van der Waals surface area contributed by atoms with Crippen LogP contribution in [0.4, 0.5) is 5.69 Å². The minimum absolute atomic E-state index is 0.0231. The number of carbonyl (C=O) groups is 1. The standard InChI is InChI=1S/C14H19N3O4S/c18-14(16-12-1-6-22(19,20)10-12)11-7-13(9-15-8-11)17-2-4-21-5-3-17/h7-9,12H,1-6,10H2,(H,16,18). The number of nitrogens with zero attached hydrogens (tertiary/aromatic N) is 2. The molecule has 0 spiro atoms. The highest BCUT2D eigenvalue weighted by molar-refractivity contribution is 7.91. The normalized spacial score (nSPS) is 24.2. The van der Waals surface area contributed by atoms with Crippen molar-refractivity contribution in [2.24, 2.45) is 0 Å². The Morgan fingerprint density at radius 3 is 2.77 bits per heavy atom. The van der Waals surface area contributed by atoms with E-state index >= 15 is 0 Å². The lowest BCUT2D eigenvalue weighted by atomic mass is 10.2. The van der Waals surface area contributed by atoms with Crippen LogP contribution >= 0.6 is 0 Å². The first-order chi connectivity index (χ1) is 10.5. The van der Waals surface area contributed by atoms with Crippen molar-refractivity contribution < 1.29 is 17.9 Å². The van der Waals surface area contributed by atoms with Gasteiger partial charge in [0.05, 0.1) is 42.2 Å². The Hall–Kier alpha value is -1.67. The summed E-state index contributed by atoms with van der Waals surface area (Å²) in [5.41, 5.74) is 1.34. The number of sulfone groups is 1. The van der Waals surface area contributed by atoms with Gasteiger partial charge in [0.2, 0.25) is 0 Å². The van der Waals surface area contributed by atoms with Gasteiger partial charge in [-0.15, -0.1) is 0 Å². The SMILES string of the molecule is O=C(NC1CCS(=O)(=O)C1)c1cncc(N2CCOCC2)c1. The van der Waals surface area contributed by atoms with E-state index in [1.165, 1.54) is 6.20 Å². The minimum atomic E-state index is -3.00. The highest BCUT2D eigenvalue weighted by atomic mass is 32.2. The predicted octanol–water partition coefficient (Wildman–Crippen LogP) is -0.165. The second-order valence-corrected chi connectivity index (χ2v) is 7.83. The molecule has 2 saturated heterocycles. The van der Waals surface area contributed by atoms with Crippen LogP contribution in [0.25, 0.3) is 0 Å². The van der Waals surface area contributed by atoms with Gasteiger partial charge < -0.3 is 15.0 Å². The molecule has 22 heavy (non-hydrogen) atoms. The summed E-state index contributed by atoms with van der Waals surface area (Å²) in [7, 11) is -3.00. The van der Waals surface area contributed by atoms with Crippen LogP contribution in [0.15, 0.2) is 18.5 Å². The van der Waals surface area contributed by atoms with Gasteiger partial charge >= 0.3 is 0 Å². The lowest BCUT2D eigenvalue weighted by molar-refractivity contribution is 0.0940. The van der Waals surface area contributed by atoms with E-state index in [4.69, 9.17) is 4.74 Å². The number of aromatic nitrogens is 1. The first-order valence-electron chi connectivity index (χ1n) is 7.32. The van der Waals surface area contributed by atoms with E-state index in [-0.39, 0.29) is 23.5 Å². The fourth-order valence-corrected chi connectivity index (χ4v) is 4.40. The van der Waals surface area contributed by atoms with Gasteiger partial charge in [-0.05, 0) is 12.5 Å². The van der Waals surface area contributed by atoms with Crippen molar-refractivity contribution in [2.45, 2.75) is 12.5 Å². The number of pyridine rings is 1. The smallest absolute Gasteiger partial charge is 0.253 e. The van der Waals surface area contributed by atoms with E-state index in [0.717, 1.165) is 18.8 Å². The molecule has 7 nitrogen and oxygen atoms in total. The molecule has 1 aromatic rings. The van der Waals surface area contributed by atoms with Crippen molar-refractivity contribution in [3.05, 3.63) is 24.0 Å². The molecule has 2 aliphatic rings. The summed E-state index contributed by atoms with van der Waals surface area (Å²) in [5.74, 6) is -0.107. The highest BCUT2D eigenvalue weighted by Crippen LogP contribution is 2.17. The first-order valence-corrected chi connectivity index (χ1v) is 9.15. The van der Waals surface area contributed by atoms with E-state index in [1.54, 1.807) is 12.3 Å². The van der Waals surface area contributed by atoms with Gasteiger partial charge in [0.15, 0.2) is 9.84 Å². The van der Waals surface area contributed by atoms with Gasteiger partial charge in [0.25, 0.3) is 5.91 Å². The van der Waals surface area contributed by atoms with Gasteiger partial charge in [-0.2, -0.15) is 0 Å².